The maximum absolute atomic E-state index is 5.73. The van der Waals surface area contributed by atoms with E-state index in [2.05, 4.69) is 12.4 Å². The van der Waals surface area contributed by atoms with Crippen LogP contribution in [-0.4, -0.2) is 27.3 Å². The third kappa shape index (κ3) is 3.52. The molecule has 0 saturated heterocycles. The smallest absolute Gasteiger partial charge is 0.0536 e. The molecule has 2 aliphatic carbocycles. The zero-order valence-electron chi connectivity index (χ0n) is 13.0. The number of methoxy groups -OCH3 is 1. The minimum Gasteiger partial charge on any atom is -0.384 e. The average Bonchev–Trinajstić information content (AvgIpc) is 2.49. The Kier molecular flexibility index (Phi) is 6.15. The second-order valence-corrected chi connectivity index (χ2v) is 6.87. The van der Waals surface area contributed by atoms with Crippen molar-refractivity contribution in [2.45, 2.75) is 64.2 Å². The molecule has 2 rings (SSSR count). The molecular formula is C17H33NO. The van der Waals surface area contributed by atoms with Crippen LogP contribution < -0.4 is 5.32 Å². The Balaban J connectivity index is 2.16. The topological polar surface area (TPSA) is 21.3 Å². The van der Waals surface area contributed by atoms with Crippen LogP contribution in [0.2, 0.25) is 0 Å². The molecule has 0 bridgehead atoms. The van der Waals surface area contributed by atoms with Crippen molar-refractivity contribution in [1.82, 2.24) is 5.32 Å². The van der Waals surface area contributed by atoms with E-state index in [1.165, 1.54) is 64.2 Å². The summed E-state index contributed by atoms with van der Waals surface area (Å²) in [4.78, 5) is 0. The molecule has 0 aromatic rings. The Bertz CT molecular complexity index is 216. The van der Waals surface area contributed by atoms with Crippen molar-refractivity contribution >= 4 is 0 Å². The van der Waals surface area contributed by atoms with Gasteiger partial charge >= 0.3 is 0 Å². The summed E-state index contributed by atoms with van der Waals surface area (Å²) in [6, 6.07) is 0. The third-order valence-electron chi connectivity index (χ3n) is 5.76. The van der Waals surface area contributed by atoms with Crippen LogP contribution in [0.15, 0.2) is 0 Å². The van der Waals surface area contributed by atoms with E-state index < -0.39 is 0 Å². The second kappa shape index (κ2) is 7.64. The summed E-state index contributed by atoms with van der Waals surface area (Å²) in [7, 11) is 4.02. The Morgan fingerprint density at radius 3 is 1.74 bits per heavy atom. The van der Waals surface area contributed by atoms with Gasteiger partial charge in [0.05, 0.1) is 6.61 Å². The molecule has 0 atom stereocenters. The molecule has 2 fully saturated rings. The lowest BCUT2D eigenvalue weighted by Crippen LogP contribution is -2.49. The van der Waals surface area contributed by atoms with Gasteiger partial charge in [-0.05, 0) is 44.6 Å². The highest BCUT2D eigenvalue weighted by atomic mass is 16.5. The molecule has 0 aliphatic heterocycles. The first kappa shape index (κ1) is 15.3. The fraction of sp³-hybridized carbons (Fsp3) is 1.00. The minimum atomic E-state index is 0.407. The van der Waals surface area contributed by atoms with Crippen molar-refractivity contribution in [3.63, 3.8) is 0 Å². The minimum absolute atomic E-state index is 0.407. The van der Waals surface area contributed by atoms with Gasteiger partial charge in [-0.15, -0.1) is 0 Å². The fourth-order valence-corrected chi connectivity index (χ4v) is 4.86. The molecule has 0 aromatic heterocycles. The summed E-state index contributed by atoms with van der Waals surface area (Å²) in [5, 5.41) is 3.51. The third-order valence-corrected chi connectivity index (χ3v) is 5.76. The van der Waals surface area contributed by atoms with Gasteiger partial charge in [0.25, 0.3) is 0 Å². The van der Waals surface area contributed by atoms with Crippen LogP contribution >= 0.6 is 0 Å². The van der Waals surface area contributed by atoms with Gasteiger partial charge < -0.3 is 10.1 Å². The number of rotatable bonds is 6. The predicted molar refractivity (Wildman–Crippen MR) is 81.4 cm³/mol. The molecule has 112 valence electrons. The zero-order chi connectivity index (χ0) is 13.6. The zero-order valence-corrected chi connectivity index (χ0v) is 13.0. The van der Waals surface area contributed by atoms with E-state index >= 15 is 0 Å². The molecular weight excluding hydrogens is 234 g/mol. The summed E-state index contributed by atoms with van der Waals surface area (Å²) >= 11 is 0. The van der Waals surface area contributed by atoms with Crippen LogP contribution in [-0.2, 0) is 4.74 Å². The van der Waals surface area contributed by atoms with Crippen molar-refractivity contribution in [1.29, 1.82) is 0 Å². The monoisotopic (exact) mass is 267 g/mol. The second-order valence-electron chi connectivity index (χ2n) is 6.87. The molecule has 2 heteroatoms. The van der Waals surface area contributed by atoms with Crippen LogP contribution in [0.3, 0.4) is 0 Å². The predicted octanol–water partition coefficient (Wildman–Crippen LogP) is 4.00. The van der Waals surface area contributed by atoms with E-state index in [0.717, 1.165) is 25.0 Å². The summed E-state index contributed by atoms with van der Waals surface area (Å²) < 4.78 is 5.73. The van der Waals surface area contributed by atoms with Crippen molar-refractivity contribution < 1.29 is 4.74 Å². The normalized spacial score (nSPS) is 23.7. The van der Waals surface area contributed by atoms with Gasteiger partial charge in [0, 0.05) is 19.1 Å². The summed E-state index contributed by atoms with van der Waals surface area (Å²) in [5.74, 6) is 1.77. The first-order chi connectivity index (χ1) is 9.33. The molecule has 2 nitrogen and oxygen atoms in total. The molecule has 2 aliphatic rings. The Morgan fingerprint density at radius 1 is 0.895 bits per heavy atom. The van der Waals surface area contributed by atoms with Crippen molar-refractivity contribution in [3.05, 3.63) is 0 Å². The lowest BCUT2D eigenvalue weighted by Gasteiger charge is -2.49. The molecule has 0 amide bonds. The molecule has 0 aromatic carbocycles. The van der Waals surface area contributed by atoms with E-state index in [1.807, 2.05) is 7.11 Å². The van der Waals surface area contributed by atoms with Gasteiger partial charge in [-0.2, -0.15) is 0 Å². The van der Waals surface area contributed by atoms with Crippen LogP contribution in [0.1, 0.15) is 64.2 Å². The SMILES string of the molecule is CNCC(COC)(C1CCCCC1)C1CCCCC1. The van der Waals surface area contributed by atoms with Gasteiger partial charge in [0.1, 0.15) is 0 Å². The van der Waals surface area contributed by atoms with E-state index in [0.29, 0.717) is 5.41 Å². The fourth-order valence-electron chi connectivity index (χ4n) is 4.86. The van der Waals surface area contributed by atoms with Gasteiger partial charge in [-0.1, -0.05) is 38.5 Å². The highest BCUT2D eigenvalue weighted by Gasteiger charge is 2.45. The van der Waals surface area contributed by atoms with Crippen molar-refractivity contribution in [2.24, 2.45) is 17.3 Å². The van der Waals surface area contributed by atoms with E-state index in [-0.39, 0.29) is 0 Å². The maximum Gasteiger partial charge on any atom is 0.0536 e. The lowest BCUT2D eigenvalue weighted by molar-refractivity contribution is -0.0417. The standard InChI is InChI=1S/C17H33NO/c1-18-13-17(14-19-2,15-9-5-3-6-10-15)16-11-7-4-8-12-16/h15-16,18H,3-14H2,1-2H3. The number of hydrogen-bond acceptors (Lipinski definition) is 2. The van der Waals surface area contributed by atoms with Gasteiger partial charge in [0.2, 0.25) is 0 Å². The number of hydrogen-bond donors (Lipinski definition) is 1. The first-order valence-corrected chi connectivity index (χ1v) is 8.47. The summed E-state index contributed by atoms with van der Waals surface area (Å²) in [6.07, 6.45) is 14.4. The molecule has 19 heavy (non-hydrogen) atoms. The quantitative estimate of drug-likeness (QED) is 0.785. The first-order valence-electron chi connectivity index (χ1n) is 8.47. The van der Waals surface area contributed by atoms with Crippen molar-refractivity contribution in [2.75, 3.05) is 27.3 Å². The highest BCUT2D eigenvalue weighted by molar-refractivity contribution is 4.95. The van der Waals surface area contributed by atoms with Gasteiger partial charge in [0.15, 0.2) is 0 Å². The van der Waals surface area contributed by atoms with Crippen LogP contribution in [0.5, 0.6) is 0 Å². The Hall–Kier alpha value is -0.0800. The summed E-state index contributed by atoms with van der Waals surface area (Å²) in [6.45, 7) is 2.11. The molecule has 0 unspecified atom stereocenters. The van der Waals surface area contributed by atoms with Crippen molar-refractivity contribution in [3.8, 4) is 0 Å². The van der Waals surface area contributed by atoms with E-state index in [1.54, 1.807) is 0 Å². The molecule has 0 radical (unpaired) electrons. The Morgan fingerprint density at radius 2 is 1.37 bits per heavy atom. The molecule has 0 spiro atoms. The Labute approximate surface area is 119 Å². The lowest BCUT2D eigenvalue weighted by atomic mass is 9.59. The van der Waals surface area contributed by atoms with Gasteiger partial charge in [-0.3, -0.25) is 0 Å². The highest BCUT2D eigenvalue weighted by Crippen LogP contribution is 2.48. The maximum atomic E-state index is 5.73. The van der Waals surface area contributed by atoms with E-state index in [4.69, 9.17) is 4.74 Å². The number of ether oxygens (including phenoxy) is 1. The summed E-state index contributed by atoms with van der Waals surface area (Å²) in [5.41, 5.74) is 0.407. The van der Waals surface area contributed by atoms with E-state index in [9.17, 15) is 0 Å². The largest absolute Gasteiger partial charge is 0.384 e. The molecule has 1 N–H and O–H groups in total. The van der Waals surface area contributed by atoms with Crippen LogP contribution in [0.25, 0.3) is 0 Å². The average molecular weight is 267 g/mol. The van der Waals surface area contributed by atoms with Crippen LogP contribution in [0, 0.1) is 17.3 Å². The van der Waals surface area contributed by atoms with Gasteiger partial charge in [-0.25, -0.2) is 0 Å². The molecule has 2 saturated carbocycles. The molecule has 0 heterocycles. The van der Waals surface area contributed by atoms with Crippen LogP contribution in [0.4, 0.5) is 0 Å². The number of nitrogens with one attached hydrogen (secondary N) is 1.